The minimum absolute atomic E-state index is 0.0168. The van der Waals surface area contributed by atoms with Crippen LogP contribution in [0.5, 0.6) is 0 Å². The second kappa shape index (κ2) is 7.38. The zero-order valence-corrected chi connectivity index (χ0v) is 13.8. The Bertz CT molecular complexity index is 872. The maximum absolute atomic E-state index is 11.8. The summed E-state index contributed by atoms with van der Waals surface area (Å²) in [4.78, 5) is 34.1. The van der Waals surface area contributed by atoms with E-state index in [0.717, 1.165) is 24.6 Å². The van der Waals surface area contributed by atoms with E-state index < -0.39 is 17.6 Å². The molecule has 0 spiro atoms. The van der Waals surface area contributed by atoms with Crippen molar-refractivity contribution in [3.8, 4) is 0 Å². The van der Waals surface area contributed by atoms with E-state index in [9.17, 15) is 14.4 Å². The topological polar surface area (TPSA) is 112 Å². The van der Waals surface area contributed by atoms with Gasteiger partial charge in [0.25, 0.3) is 0 Å². The van der Waals surface area contributed by atoms with E-state index in [-0.39, 0.29) is 13.0 Å². The van der Waals surface area contributed by atoms with Crippen molar-refractivity contribution in [2.75, 3.05) is 6.54 Å². The van der Waals surface area contributed by atoms with E-state index in [1.54, 1.807) is 0 Å². The van der Waals surface area contributed by atoms with Gasteiger partial charge in [0.2, 0.25) is 0 Å². The molecule has 2 aromatic rings. The third kappa shape index (κ3) is 4.17. The fourth-order valence-electron chi connectivity index (χ4n) is 3.09. The van der Waals surface area contributed by atoms with Gasteiger partial charge in [0.1, 0.15) is 12.2 Å². The zero-order valence-electron chi connectivity index (χ0n) is 13.8. The zero-order chi connectivity index (χ0) is 17.8. The third-order valence-corrected chi connectivity index (χ3v) is 4.29. The van der Waals surface area contributed by atoms with Gasteiger partial charge in [-0.3, -0.25) is 4.79 Å². The van der Waals surface area contributed by atoms with Crippen LogP contribution in [0.1, 0.15) is 36.0 Å². The molecule has 7 heteroatoms. The molecule has 25 heavy (non-hydrogen) atoms. The van der Waals surface area contributed by atoms with Crippen molar-refractivity contribution in [3.05, 3.63) is 45.3 Å². The lowest BCUT2D eigenvalue weighted by Gasteiger charge is -2.09. The molecule has 3 rings (SSSR count). The number of hydrogen-bond donors (Lipinski definition) is 2. The molecule has 1 heterocycles. The van der Waals surface area contributed by atoms with Crippen LogP contribution in [0.25, 0.3) is 11.0 Å². The van der Waals surface area contributed by atoms with Crippen LogP contribution in [-0.2, 0) is 29.0 Å². The van der Waals surface area contributed by atoms with Gasteiger partial charge < -0.3 is 20.2 Å². The van der Waals surface area contributed by atoms with E-state index in [4.69, 9.17) is 14.9 Å². The highest BCUT2D eigenvalue weighted by molar-refractivity contribution is 5.82. The molecule has 0 aliphatic heterocycles. The standard InChI is InChI=1S/C18H20N2O5/c19-18(23)20-6-2-5-16(21)24-10-13-9-17(22)25-15-8-12-4-1-3-11(12)7-14(13)15/h7-9H,1-6,10H2,(H3,19,20,23). The number of esters is 1. The molecule has 1 aliphatic carbocycles. The van der Waals surface area contributed by atoms with Crippen LogP contribution >= 0.6 is 0 Å². The van der Waals surface area contributed by atoms with Crippen molar-refractivity contribution < 1.29 is 18.7 Å². The van der Waals surface area contributed by atoms with Crippen molar-refractivity contribution in [3.63, 3.8) is 0 Å². The second-order valence-corrected chi connectivity index (χ2v) is 6.12. The average molecular weight is 344 g/mol. The van der Waals surface area contributed by atoms with E-state index in [1.165, 1.54) is 17.2 Å². The van der Waals surface area contributed by atoms with Gasteiger partial charge in [0, 0.05) is 30.0 Å². The third-order valence-electron chi connectivity index (χ3n) is 4.29. The van der Waals surface area contributed by atoms with Crippen LogP contribution in [0.2, 0.25) is 0 Å². The smallest absolute Gasteiger partial charge is 0.336 e. The summed E-state index contributed by atoms with van der Waals surface area (Å²) in [6, 6.07) is 4.69. The van der Waals surface area contributed by atoms with Crippen molar-refractivity contribution in [1.29, 1.82) is 0 Å². The highest BCUT2D eigenvalue weighted by Gasteiger charge is 2.16. The number of aryl methyl sites for hydroxylation is 2. The van der Waals surface area contributed by atoms with Gasteiger partial charge in [-0.25, -0.2) is 9.59 Å². The Kier molecular flexibility index (Phi) is 5.02. The Balaban J connectivity index is 1.68. The number of primary amides is 1. The van der Waals surface area contributed by atoms with Crippen molar-refractivity contribution in [2.45, 2.75) is 38.7 Å². The number of nitrogens with two attached hydrogens (primary N) is 1. The molecule has 0 fully saturated rings. The summed E-state index contributed by atoms with van der Waals surface area (Å²) >= 11 is 0. The van der Waals surface area contributed by atoms with E-state index in [2.05, 4.69) is 5.32 Å². The number of amides is 2. The lowest BCUT2D eigenvalue weighted by atomic mass is 10.0. The quantitative estimate of drug-likeness (QED) is 0.471. The maximum Gasteiger partial charge on any atom is 0.336 e. The summed E-state index contributed by atoms with van der Waals surface area (Å²) in [5.74, 6) is -0.395. The van der Waals surface area contributed by atoms with Crippen LogP contribution in [0.15, 0.2) is 27.4 Å². The Morgan fingerprint density at radius 1 is 1.20 bits per heavy atom. The van der Waals surface area contributed by atoms with Crippen molar-refractivity contribution in [1.82, 2.24) is 5.32 Å². The first-order chi connectivity index (χ1) is 12.0. The summed E-state index contributed by atoms with van der Waals surface area (Å²) in [6.45, 7) is 0.331. The molecule has 0 bridgehead atoms. The molecule has 3 N–H and O–H groups in total. The first kappa shape index (κ1) is 17.0. The van der Waals surface area contributed by atoms with Crippen molar-refractivity contribution >= 4 is 23.0 Å². The number of carbonyl (C=O) groups excluding carboxylic acids is 2. The summed E-state index contributed by atoms with van der Waals surface area (Å²) < 4.78 is 10.5. The van der Waals surface area contributed by atoms with Gasteiger partial charge >= 0.3 is 17.6 Å². The lowest BCUT2D eigenvalue weighted by molar-refractivity contribution is -0.145. The summed E-state index contributed by atoms with van der Waals surface area (Å²) in [5.41, 5.74) is 8.13. The van der Waals surface area contributed by atoms with Gasteiger partial charge in [0.15, 0.2) is 0 Å². The molecule has 0 saturated heterocycles. The predicted molar refractivity (Wildman–Crippen MR) is 91.1 cm³/mol. The van der Waals surface area contributed by atoms with Gasteiger partial charge in [-0.05, 0) is 48.9 Å². The molecule has 132 valence electrons. The number of ether oxygens (including phenoxy) is 1. The van der Waals surface area contributed by atoms with Gasteiger partial charge in [-0.15, -0.1) is 0 Å². The largest absolute Gasteiger partial charge is 0.461 e. The van der Waals surface area contributed by atoms with E-state index in [1.807, 2.05) is 12.1 Å². The lowest BCUT2D eigenvalue weighted by Crippen LogP contribution is -2.30. The summed E-state index contributed by atoms with van der Waals surface area (Å²) in [5, 5.41) is 3.22. The number of urea groups is 1. The molecule has 0 saturated carbocycles. The molecule has 1 aromatic heterocycles. The minimum Gasteiger partial charge on any atom is -0.461 e. The SMILES string of the molecule is NC(=O)NCCCC(=O)OCc1cc(=O)oc2cc3c(cc12)CCC3. The molecule has 1 aliphatic rings. The normalized spacial score (nSPS) is 12.8. The molecule has 2 amide bonds. The first-order valence-corrected chi connectivity index (χ1v) is 8.30. The molecule has 0 atom stereocenters. The Labute approximate surface area is 144 Å². The van der Waals surface area contributed by atoms with E-state index >= 15 is 0 Å². The van der Waals surface area contributed by atoms with Gasteiger partial charge in [-0.2, -0.15) is 0 Å². The van der Waals surface area contributed by atoms with Gasteiger partial charge in [0.05, 0.1) is 0 Å². The molecule has 0 radical (unpaired) electrons. The fourth-order valence-corrected chi connectivity index (χ4v) is 3.09. The van der Waals surface area contributed by atoms with Crippen molar-refractivity contribution in [2.24, 2.45) is 5.73 Å². The van der Waals surface area contributed by atoms with Gasteiger partial charge in [-0.1, -0.05) is 0 Å². The summed E-state index contributed by atoms with van der Waals surface area (Å²) in [6.07, 6.45) is 3.70. The number of rotatable bonds is 6. The first-order valence-electron chi connectivity index (χ1n) is 8.30. The highest BCUT2D eigenvalue weighted by Crippen LogP contribution is 2.28. The fraction of sp³-hybridized carbons (Fsp3) is 0.389. The van der Waals surface area contributed by atoms with Crippen LogP contribution in [0.4, 0.5) is 4.79 Å². The minimum atomic E-state index is -0.622. The number of carbonyl (C=O) groups is 2. The molecule has 7 nitrogen and oxygen atoms in total. The highest BCUT2D eigenvalue weighted by atomic mass is 16.5. The number of hydrogen-bond acceptors (Lipinski definition) is 5. The summed E-state index contributed by atoms with van der Waals surface area (Å²) in [7, 11) is 0. The number of benzene rings is 1. The predicted octanol–water partition coefficient (Wildman–Crippen LogP) is 1.77. The monoisotopic (exact) mass is 344 g/mol. The van der Waals surface area contributed by atoms with Crippen LogP contribution in [-0.4, -0.2) is 18.5 Å². The Morgan fingerprint density at radius 2 is 1.96 bits per heavy atom. The van der Waals surface area contributed by atoms with E-state index in [0.29, 0.717) is 24.1 Å². The molecular formula is C18H20N2O5. The maximum atomic E-state index is 11.8. The second-order valence-electron chi connectivity index (χ2n) is 6.12. The molecule has 0 unspecified atom stereocenters. The average Bonchev–Trinajstić information content (AvgIpc) is 3.01. The number of nitrogens with one attached hydrogen (secondary N) is 1. The van der Waals surface area contributed by atoms with Crippen LogP contribution in [0, 0.1) is 0 Å². The molecule has 1 aromatic carbocycles. The Morgan fingerprint density at radius 3 is 2.72 bits per heavy atom. The molecular weight excluding hydrogens is 324 g/mol. The van der Waals surface area contributed by atoms with Crippen LogP contribution < -0.4 is 16.7 Å². The number of fused-ring (bicyclic) bond motifs is 2. The Hall–Kier alpha value is -2.83. The van der Waals surface area contributed by atoms with Crippen LogP contribution in [0.3, 0.4) is 0 Å².